The highest BCUT2D eigenvalue weighted by atomic mass is 16.3. The van der Waals surface area contributed by atoms with Gasteiger partial charge in [-0.3, -0.25) is 0 Å². The SMILES string of the molecule is c1ccc(-c2ccc3ccc4c(-c5cccc6c5oc5ccccc56)cc(-c5ccccc5)c5ccc2c3c54)cc1. The van der Waals surface area contributed by atoms with E-state index < -0.39 is 0 Å². The van der Waals surface area contributed by atoms with Crippen LogP contribution in [0.1, 0.15) is 0 Å². The van der Waals surface area contributed by atoms with Gasteiger partial charge in [0, 0.05) is 16.3 Å². The van der Waals surface area contributed by atoms with Crippen LogP contribution in [0.5, 0.6) is 0 Å². The molecule has 0 aliphatic heterocycles. The molecule has 1 nitrogen and oxygen atoms in total. The number of para-hydroxylation sites is 2. The van der Waals surface area contributed by atoms with Gasteiger partial charge in [0.2, 0.25) is 0 Å². The number of hydrogen-bond acceptors (Lipinski definition) is 1. The molecule has 0 atom stereocenters. The highest BCUT2D eigenvalue weighted by Gasteiger charge is 2.20. The van der Waals surface area contributed by atoms with E-state index in [1.807, 2.05) is 6.07 Å². The topological polar surface area (TPSA) is 13.1 Å². The number of benzene rings is 8. The first-order valence-electron chi connectivity index (χ1n) is 14.1. The Labute approximate surface area is 237 Å². The third-order valence-corrected chi connectivity index (χ3v) is 8.65. The standard InChI is InChI=1S/C40H24O/c1-3-10-25(11-4-1)28-20-18-27-19-21-32-36(34-16-9-15-33-29-14-7-8-17-37(29)41-40(33)34)24-35(26-12-5-2-6-13-26)31-23-22-30(28)38(27)39(31)32/h1-24H. The molecule has 9 aromatic rings. The summed E-state index contributed by atoms with van der Waals surface area (Å²) in [5, 5.41) is 9.99. The summed E-state index contributed by atoms with van der Waals surface area (Å²) in [6, 6.07) is 52.5. The molecular formula is C40H24O. The van der Waals surface area contributed by atoms with Crippen LogP contribution in [-0.2, 0) is 0 Å². The molecule has 0 N–H and O–H groups in total. The molecule has 190 valence electrons. The van der Waals surface area contributed by atoms with E-state index in [1.54, 1.807) is 0 Å². The van der Waals surface area contributed by atoms with Crippen LogP contribution in [0.2, 0.25) is 0 Å². The first-order chi connectivity index (χ1) is 20.3. The maximum atomic E-state index is 6.55. The number of furan rings is 1. The summed E-state index contributed by atoms with van der Waals surface area (Å²) in [5.74, 6) is 0. The molecule has 1 heterocycles. The van der Waals surface area contributed by atoms with Crippen molar-refractivity contribution in [2.24, 2.45) is 0 Å². The van der Waals surface area contributed by atoms with Crippen LogP contribution in [0, 0.1) is 0 Å². The van der Waals surface area contributed by atoms with Gasteiger partial charge < -0.3 is 4.42 Å². The summed E-state index contributed by atoms with van der Waals surface area (Å²) in [6.07, 6.45) is 0. The van der Waals surface area contributed by atoms with Gasteiger partial charge in [0.25, 0.3) is 0 Å². The third-order valence-electron chi connectivity index (χ3n) is 8.65. The summed E-state index contributed by atoms with van der Waals surface area (Å²) in [7, 11) is 0. The van der Waals surface area contributed by atoms with Crippen molar-refractivity contribution >= 4 is 54.3 Å². The minimum absolute atomic E-state index is 0.920. The average Bonchev–Trinajstić information content (AvgIpc) is 3.43. The zero-order valence-electron chi connectivity index (χ0n) is 22.3. The molecular weight excluding hydrogens is 496 g/mol. The summed E-state index contributed by atoms with van der Waals surface area (Å²) in [6.45, 7) is 0. The fraction of sp³-hybridized carbons (Fsp3) is 0. The van der Waals surface area contributed by atoms with Crippen LogP contribution in [0.15, 0.2) is 150 Å². The predicted octanol–water partition coefficient (Wildman–Crippen LogP) is 11.5. The molecule has 0 radical (unpaired) electrons. The fourth-order valence-electron chi connectivity index (χ4n) is 6.81. The Morgan fingerprint density at radius 2 is 0.951 bits per heavy atom. The zero-order chi connectivity index (χ0) is 26.9. The Hall–Kier alpha value is -5.40. The van der Waals surface area contributed by atoms with Gasteiger partial charge in [-0.1, -0.05) is 133 Å². The van der Waals surface area contributed by atoms with Gasteiger partial charge in [-0.05, 0) is 72.3 Å². The van der Waals surface area contributed by atoms with Gasteiger partial charge in [-0.2, -0.15) is 0 Å². The largest absolute Gasteiger partial charge is 0.455 e. The fourth-order valence-corrected chi connectivity index (χ4v) is 6.81. The lowest BCUT2D eigenvalue weighted by Crippen LogP contribution is -1.92. The lowest BCUT2D eigenvalue weighted by atomic mass is 9.84. The molecule has 0 saturated carbocycles. The second-order valence-electron chi connectivity index (χ2n) is 10.8. The molecule has 9 rings (SSSR count). The van der Waals surface area contributed by atoms with Crippen molar-refractivity contribution in [1.82, 2.24) is 0 Å². The van der Waals surface area contributed by atoms with Crippen molar-refractivity contribution in [3.63, 3.8) is 0 Å². The summed E-state index contributed by atoms with van der Waals surface area (Å²) < 4.78 is 6.55. The van der Waals surface area contributed by atoms with Crippen LogP contribution in [0.3, 0.4) is 0 Å². The highest BCUT2D eigenvalue weighted by molar-refractivity contribution is 6.30. The Balaban J connectivity index is 1.46. The van der Waals surface area contributed by atoms with Crippen LogP contribution < -0.4 is 0 Å². The predicted molar refractivity (Wildman–Crippen MR) is 174 cm³/mol. The van der Waals surface area contributed by atoms with Crippen LogP contribution in [-0.4, -0.2) is 0 Å². The Morgan fingerprint density at radius 1 is 0.341 bits per heavy atom. The molecule has 41 heavy (non-hydrogen) atoms. The van der Waals surface area contributed by atoms with E-state index in [4.69, 9.17) is 4.42 Å². The second-order valence-corrected chi connectivity index (χ2v) is 10.8. The molecule has 1 heteroatoms. The monoisotopic (exact) mass is 520 g/mol. The number of rotatable bonds is 3. The van der Waals surface area contributed by atoms with Crippen molar-refractivity contribution in [3.05, 3.63) is 146 Å². The summed E-state index contributed by atoms with van der Waals surface area (Å²) in [4.78, 5) is 0. The van der Waals surface area contributed by atoms with E-state index in [1.165, 1.54) is 60.1 Å². The molecule has 0 spiro atoms. The summed E-state index contributed by atoms with van der Waals surface area (Å²) in [5.41, 5.74) is 9.13. The number of hydrogen-bond donors (Lipinski definition) is 0. The van der Waals surface area contributed by atoms with E-state index in [0.717, 1.165) is 27.5 Å². The normalized spacial score (nSPS) is 11.9. The Morgan fingerprint density at radius 3 is 1.76 bits per heavy atom. The quantitative estimate of drug-likeness (QED) is 0.211. The van der Waals surface area contributed by atoms with E-state index >= 15 is 0 Å². The molecule has 0 aliphatic carbocycles. The minimum atomic E-state index is 0.920. The van der Waals surface area contributed by atoms with Crippen molar-refractivity contribution in [2.45, 2.75) is 0 Å². The first-order valence-corrected chi connectivity index (χ1v) is 14.1. The van der Waals surface area contributed by atoms with Crippen molar-refractivity contribution in [1.29, 1.82) is 0 Å². The molecule has 0 amide bonds. The molecule has 0 aliphatic rings. The second kappa shape index (κ2) is 8.55. The molecule has 1 aromatic heterocycles. The Bertz CT molecular complexity index is 2400. The van der Waals surface area contributed by atoms with Gasteiger partial charge in [-0.25, -0.2) is 0 Å². The van der Waals surface area contributed by atoms with Gasteiger partial charge >= 0.3 is 0 Å². The van der Waals surface area contributed by atoms with Crippen LogP contribution >= 0.6 is 0 Å². The molecule has 0 fully saturated rings. The van der Waals surface area contributed by atoms with Gasteiger partial charge in [-0.15, -0.1) is 0 Å². The highest BCUT2D eigenvalue weighted by Crippen LogP contribution is 2.47. The van der Waals surface area contributed by atoms with E-state index in [2.05, 4.69) is 140 Å². The van der Waals surface area contributed by atoms with Crippen LogP contribution in [0.25, 0.3) is 87.6 Å². The average molecular weight is 521 g/mol. The first kappa shape index (κ1) is 22.4. The van der Waals surface area contributed by atoms with E-state index in [9.17, 15) is 0 Å². The lowest BCUT2D eigenvalue weighted by Gasteiger charge is -2.19. The maximum absolute atomic E-state index is 6.55. The summed E-state index contributed by atoms with van der Waals surface area (Å²) >= 11 is 0. The maximum Gasteiger partial charge on any atom is 0.143 e. The molecule has 0 bridgehead atoms. The minimum Gasteiger partial charge on any atom is -0.455 e. The molecule has 8 aromatic carbocycles. The third kappa shape index (κ3) is 3.24. The molecule has 0 saturated heterocycles. The lowest BCUT2D eigenvalue weighted by molar-refractivity contribution is 0.670. The van der Waals surface area contributed by atoms with Crippen LogP contribution in [0.4, 0.5) is 0 Å². The van der Waals surface area contributed by atoms with E-state index in [0.29, 0.717) is 0 Å². The van der Waals surface area contributed by atoms with Crippen molar-refractivity contribution in [3.8, 4) is 33.4 Å². The number of fused-ring (bicyclic) bond motifs is 3. The van der Waals surface area contributed by atoms with Crippen molar-refractivity contribution < 1.29 is 4.42 Å². The van der Waals surface area contributed by atoms with Gasteiger partial charge in [0.15, 0.2) is 0 Å². The zero-order valence-corrected chi connectivity index (χ0v) is 22.3. The molecule has 0 unspecified atom stereocenters. The smallest absolute Gasteiger partial charge is 0.143 e. The van der Waals surface area contributed by atoms with Crippen molar-refractivity contribution in [2.75, 3.05) is 0 Å². The van der Waals surface area contributed by atoms with Gasteiger partial charge in [0.05, 0.1) is 0 Å². The van der Waals surface area contributed by atoms with E-state index in [-0.39, 0.29) is 0 Å². The van der Waals surface area contributed by atoms with Gasteiger partial charge in [0.1, 0.15) is 11.2 Å². The Kier molecular flexibility index (Phi) is 4.67.